The second-order valence-corrected chi connectivity index (χ2v) is 5.92. The second-order valence-electron chi connectivity index (χ2n) is 5.92. The van der Waals surface area contributed by atoms with Gasteiger partial charge >= 0.3 is 0 Å². The van der Waals surface area contributed by atoms with Crippen LogP contribution in [0.4, 0.5) is 5.69 Å². The molecule has 0 atom stereocenters. The largest absolute Gasteiger partial charge is 1.00 e. The van der Waals surface area contributed by atoms with E-state index in [1.54, 1.807) is 0 Å². The summed E-state index contributed by atoms with van der Waals surface area (Å²) in [5.74, 6) is 0.457. The Kier molecular flexibility index (Phi) is 5.84. The van der Waals surface area contributed by atoms with Crippen LogP contribution >= 0.6 is 0 Å². The van der Waals surface area contributed by atoms with Crippen LogP contribution in [0.3, 0.4) is 0 Å². The maximum atomic E-state index is 11.1. The summed E-state index contributed by atoms with van der Waals surface area (Å²) < 4.78 is 10.9. The molecule has 0 aliphatic carbocycles. The van der Waals surface area contributed by atoms with Gasteiger partial charge in [-0.25, -0.2) is 9.97 Å². The minimum atomic E-state index is -0.434. The first-order chi connectivity index (χ1) is 10.2. The molecule has 8 nitrogen and oxygen atoms in total. The molecule has 1 aromatic heterocycles. The number of halogens is 1. The van der Waals surface area contributed by atoms with Crippen molar-refractivity contribution in [3.05, 3.63) is 27.8 Å². The highest BCUT2D eigenvalue weighted by Gasteiger charge is 2.21. The van der Waals surface area contributed by atoms with E-state index in [0.717, 1.165) is 5.56 Å². The number of fused-ring (bicyclic) bond motifs is 1. The molecule has 1 heterocycles. The lowest BCUT2D eigenvalue weighted by atomic mass is 10.1. The maximum absolute atomic E-state index is 11.1. The SMILES string of the molecule is COc1nc2cc([N+](=O)[O-])cc(C[N+](C)(C)C)c2nc1OC.[Br-]. The third kappa shape index (κ3) is 4.26. The number of methoxy groups -OCH3 is 2. The predicted molar refractivity (Wildman–Crippen MR) is 81.0 cm³/mol. The van der Waals surface area contributed by atoms with Gasteiger partial charge in [0.2, 0.25) is 0 Å². The molecular formula is C14H19BrN4O4. The van der Waals surface area contributed by atoms with E-state index in [4.69, 9.17) is 9.47 Å². The van der Waals surface area contributed by atoms with Crippen molar-refractivity contribution in [2.24, 2.45) is 0 Å². The number of hydrogen-bond donors (Lipinski definition) is 0. The van der Waals surface area contributed by atoms with Crippen LogP contribution in [0, 0.1) is 10.1 Å². The van der Waals surface area contributed by atoms with Crippen LogP contribution in [-0.2, 0) is 6.54 Å². The van der Waals surface area contributed by atoms with Crippen molar-refractivity contribution in [2.75, 3.05) is 35.4 Å². The van der Waals surface area contributed by atoms with Crippen LogP contribution < -0.4 is 26.5 Å². The first-order valence-electron chi connectivity index (χ1n) is 6.62. The maximum Gasteiger partial charge on any atom is 0.278 e. The lowest BCUT2D eigenvalue weighted by Crippen LogP contribution is -3.00. The predicted octanol–water partition coefficient (Wildman–Crippen LogP) is -1.23. The summed E-state index contributed by atoms with van der Waals surface area (Å²) >= 11 is 0. The number of nitrogens with zero attached hydrogens (tertiary/aromatic N) is 4. The molecule has 0 spiro atoms. The molecule has 0 radical (unpaired) electrons. The van der Waals surface area contributed by atoms with Crippen LogP contribution in [0.25, 0.3) is 11.0 Å². The highest BCUT2D eigenvalue weighted by atomic mass is 79.9. The number of non-ortho nitro benzene ring substituents is 1. The Morgan fingerprint density at radius 3 is 2.17 bits per heavy atom. The van der Waals surface area contributed by atoms with E-state index in [2.05, 4.69) is 9.97 Å². The topological polar surface area (TPSA) is 87.4 Å². The number of rotatable bonds is 5. The molecule has 0 aliphatic heterocycles. The summed E-state index contributed by atoms with van der Waals surface area (Å²) in [6.45, 7) is 0.572. The Balaban J connectivity index is 0.00000264. The molecule has 2 rings (SSSR count). The van der Waals surface area contributed by atoms with Gasteiger partial charge in [0, 0.05) is 17.7 Å². The van der Waals surface area contributed by atoms with E-state index >= 15 is 0 Å². The fraction of sp³-hybridized carbons (Fsp3) is 0.429. The molecule has 23 heavy (non-hydrogen) atoms. The van der Waals surface area contributed by atoms with E-state index in [-0.39, 0.29) is 34.4 Å². The number of hydrogen-bond acceptors (Lipinski definition) is 6. The van der Waals surface area contributed by atoms with Crippen molar-refractivity contribution in [3.8, 4) is 11.8 Å². The molecule has 0 N–H and O–H groups in total. The average molecular weight is 387 g/mol. The fourth-order valence-corrected chi connectivity index (χ4v) is 2.19. The van der Waals surface area contributed by atoms with Gasteiger partial charge in [-0.3, -0.25) is 10.1 Å². The van der Waals surface area contributed by atoms with Gasteiger partial charge in [-0.1, -0.05) is 0 Å². The summed E-state index contributed by atoms with van der Waals surface area (Å²) in [5.41, 5.74) is 1.72. The highest BCUT2D eigenvalue weighted by molar-refractivity contribution is 5.82. The lowest BCUT2D eigenvalue weighted by Gasteiger charge is -2.24. The van der Waals surface area contributed by atoms with Gasteiger partial charge in [-0.15, -0.1) is 0 Å². The Morgan fingerprint density at radius 2 is 1.70 bits per heavy atom. The molecular weight excluding hydrogens is 368 g/mol. The normalized spacial score (nSPS) is 11.0. The van der Waals surface area contributed by atoms with Gasteiger partial charge in [0.25, 0.3) is 17.4 Å². The van der Waals surface area contributed by atoms with Crippen LogP contribution in [0.1, 0.15) is 5.56 Å². The molecule has 0 saturated carbocycles. The smallest absolute Gasteiger partial charge is 0.278 e. The zero-order valence-electron chi connectivity index (χ0n) is 13.7. The third-order valence-electron chi connectivity index (χ3n) is 3.01. The van der Waals surface area contributed by atoms with Crippen molar-refractivity contribution in [3.63, 3.8) is 0 Å². The molecule has 0 fully saturated rings. The molecule has 0 aliphatic rings. The second kappa shape index (κ2) is 7.05. The number of quaternary nitrogens is 1. The molecule has 9 heteroatoms. The van der Waals surface area contributed by atoms with Crippen LogP contribution in [0.15, 0.2) is 12.1 Å². The molecule has 0 unspecified atom stereocenters. The standard InChI is InChI=1S/C14H19N4O4.BrH/c1-18(2,3)8-9-6-10(17(19)20)7-11-12(9)16-14(22-5)13(15-11)21-4;/h6-7H,8H2,1-5H3;1H/q+1;/p-1. The van der Waals surface area contributed by atoms with Gasteiger partial charge in [0.1, 0.15) is 17.6 Å². The van der Waals surface area contributed by atoms with Crippen LogP contribution in [-0.4, -0.2) is 54.7 Å². The molecule has 0 saturated heterocycles. The van der Waals surface area contributed by atoms with E-state index in [9.17, 15) is 10.1 Å². The Bertz CT molecular complexity index is 731. The Morgan fingerprint density at radius 1 is 1.13 bits per heavy atom. The van der Waals surface area contributed by atoms with Crippen molar-refractivity contribution in [1.82, 2.24) is 9.97 Å². The number of ether oxygens (including phenoxy) is 2. The van der Waals surface area contributed by atoms with E-state index in [0.29, 0.717) is 22.1 Å². The monoisotopic (exact) mass is 386 g/mol. The summed E-state index contributed by atoms with van der Waals surface area (Å²) in [4.78, 5) is 19.4. The van der Waals surface area contributed by atoms with Gasteiger partial charge in [-0.05, 0) is 0 Å². The van der Waals surface area contributed by atoms with Crippen molar-refractivity contribution in [2.45, 2.75) is 6.54 Å². The number of benzene rings is 1. The first kappa shape index (κ1) is 19.0. The zero-order valence-corrected chi connectivity index (χ0v) is 15.2. The van der Waals surface area contributed by atoms with Gasteiger partial charge in [0.15, 0.2) is 0 Å². The van der Waals surface area contributed by atoms with Crippen LogP contribution in [0.2, 0.25) is 0 Å². The molecule has 0 amide bonds. The summed E-state index contributed by atoms with van der Waals surface area (Å²) in [6, 6.07) is 2.93. The average Bonchev–Trinajstić information content (AvgIpc) is 2.43. The van der Waals surface area contributed by atoms with Gasteiger partial charge in [0.05, 0.1) is 40.3 Å². The Labute approximate surface area is 144 Å². The fourth-order valence-electron chi connectivity index (χ4n) is 2.19. The quantitative estimate of drug-likeness (QED) is 0.363. The van der Waals surface area contributed by atoms with Crippen molar-refractivity contribution < 1.29 is 35.9 Å². The van der Waals surface area contributed by atoms with Crippen molar-refractivity contribution >= 4 is 16.7 Å². The first-order valence-corrected chi connectivity index (χ1v) is 6.62. The molecule has 1 aromatic carbocycles. The number of nitro benzene ring substituents is 1. The van der Waals surface area contributed by atoms with E-state index < -0.39 is 4.92 Å². The minimum absolute atomic E-state index is 0. The molecule has 126 valence electrons. The van der Waals surface area contributed by atoms with E-state index in [1.165, 1.54) is 26.4 Å². The molecule has 2 aromatic rings. The third-order valence-corrected chi connectivity index (χ3v) is 3.01. The van der Waals surface area contributed by atoms with Gasteiger partial charge in [-0.2, -0.15) is 0 Å². The highest BCUT2D eigenvalue weighted by Crippen LogP contribution is 2.30. The summed E-state index contributed by atoms with van der Waals surface area (Å²) in [5, 5.41) is 11.1. The summed E-state index contributed by atoms with van der Waals surface area (Å²) in [7, 11) is 8.92. The number of nitro groups is 1. The van der Waals surface area contributed by atoms with Gasteiger partial charge < -0.3 is 30.9 Å². The Hall–Kier alpha value is -2.00. The lowest BCUT2D eigenvalue weighted by molar-refractivity contribution is -0.883. The van der Waals surface area contributed by atoms with Crippen molar-refractivity contribution in [1.29, 1.82) is 0 Å². The summed E-state index contributed by atoms with van der Waals surface area (Å²) in [6.07, 6.45) is 0. The van der Waals surface area contributed by atoms with E-state index in [1.807, 2.05) is 21.1 Å². The minimum Gasteiger partial charge on any atom is -1.00 e. The zero-order chi connectivity index (χ0) is 16.5. The number of aromatic nitrogens is 2. The molecule has 0 bridgehead atoms. The van der Waals surface area contributed by atoms with Crippen LogP contribution in [0.5, 0.6) is 11.8 Å².